The molecule has 0 saturated heterocycles. The second-order valence-corrected chi connectivity index (χ2v) is 7.68. The summed E-state index contributed by atoms with van der Waals surface area (Å²) in [7, 11) is 0. The van der Waals surface area contributed by atoms with Crippen LogP contribution in [-0.4, -0.2) is 26.3 Å². The lowest BCUT2D eigenvalue weighted by molar-refractivity contribution is -0.149. The number of nitrogens with zero attached hydrogens (tertiary/aromatic N) is 2. The van der Waals surface area contributed by atoms with Crippen molar-refractivity contribution in [1.82, 2.24) is 9.13 Å². The number of benzene rings is 1. The third-order valence-corrected chi connectivity index (χ3v) is 5.06. The zero-order valence-electron chi connectivity index (χ0n) is 17.7. The van der Waals surface area contributed by atoms with E-state index in [0.29, 0.717) is 12.1 Å². The first kappa shape index (κ1) is 25.2. The van der Waals surface area contributed by atoms with Crippen LogP contribution in [0.15, 0.2) is 23.0 Å². The number of carbonyl (C=O) groups is 1. The van der Waals surface area contributed by atoms with Crippen molar-refractivity contribution in [2.24, 2.45) is 5.92 Å². The second kappa shape index (κ2) is 10.0. The average Bonchev–Trinajstić information content (AvgIpc) is 2.93. The van der Waals surface area contributed by atoms with Gasteiger partial charge in [0.25, 0.3) is 0 Å². The van der Waals surface area contributed by atoms with E-state index in [1.54, 1.807) is 20.8 Å². The molecular formula is C21H23ClF3N3O4. The summed E-state index contributed by atoms with van der Waals surface area (Å²) in [6.45, 7) is 4.49. The summed E-state index contributed by atoms with van der Waals surface area (Å²) >= 11 is 5.96. The monoisotopic (exact) mass is 473 g/mol. The van der Waals surface area contributed by atoms with Crippen LogP contribution < -0.4 is 11.0 Å². The summed E-state index contributed by atoms with van der Waals surface area (Å²) in [5.41, 5.74) is -1.14. The number of hydrogen-bond donors (Lipinski definition) is 2. The molecule has 2 aromatic rings. The molecule has 1 aromatic carbocycles. The lowest BCUT2D eigenvalue weighted by atomic mass is 10.0. The summed E-state index contributed by atoms with van der Waals surface area (Å²) in [5.74, 6) is 0.830. The maximum atomic E-state index is 12.8. The SMILES string of the molecule is C#CCn1c(CC)c(O)n(COC(=O)C(Nc2ccc(C(F)(F)F)cc2Cl)C(C)C)c1=O. The number of aromatic nitrogens is 2. The van der Waals surface area contributed by atoms with Gasteiger partial charge < -0.3 is 15.2 Å². The van der Waals surface area contributed by atoms with Gasteiger partial charge in [-0.25, -0.2) is 14.2 Å². The van der Waals surface area contributed by atoms with Gasteiger partial charge in [0.05, 0.1) is 28.5 Å². The molecule has 1 heterocycles. The van der Waals surface area contributed by atoms with E-state index in [1.807, 2.05) is 0 Å². The fourth-order valence-electron chi connectivity index (χ4n) is 3.04. The maximum Gasteiger partial charge on any atom is 0.416 e. The molecule has 0 aliphatic carbocycles. The Morgan fingerprint density at radius 3 is 2.50 bits per heavy atom. The van der Waals surface area contributed by atoms with Crippen LogP contribution in [0.5, 0.6) is 5.88 Å². The Labute approximate surface area is 187 Å². The van der Waals surface area contributed by atoms with Gasteiger partial charge in [-0.15, -0.1) is 6.42 Å². The van der Waals surface area contributed by atoms with Gasteiger partial charge in [-0.2, -0.15) is 13.2 Å². The average molecular weight is 474 g/mol. The van der Waals surface area contributed by atoms with Crippen LogP contribution in [0.3, 0.4) is 0 Å². The van der Waals surface area contributed by atoms with Crippen LogP contribution in [0.4, 0.5) is 18.9 Å². The highest BCUT2D eigenvalue weighted by Crippen LogP contribution is 2.34. The van der Waals surface area contributed by atoms with E-state index in [0.717, 1.165) is 22.8 Å². The van der Waals surface area contributed by atoms with Gasteiger partial charge in [-0.3, -0.25) is 4.57 Å². The molecule has 0 bridgehead atoms. The van der Waals surface area contributed by atoms with Gasteiger partial charge >= 0.3 is 17.8 Å². The van der Waals surface area contributed by atoms with Gasteiger partial charge in [0.15, 0.2) is 6.73 Å². The minimum Gasteiger partial charge on any atom is -0.493 e. The Balaban J connectivity index is 2.21. The zero-order valence-corrected chi connectivity index (χ0v) is 18.4. The molecule has 0 spiro atoms. The number of nitrogens with one attached hydrogen (secondary N) is 1. The minimum absolute atomic E-state index is 0.0564. The van der Waals surface area contributed by atoms with E-state index in [2.05, 4.69) is 11.2 Å². The number of halogens is 4. The number of imidazole rings is 1. The Morgan fingerprint density at radius 2 is 2.00 bits per heavy atom. The summed E-state index contributed by atoms with van der Waals surface area (Å²) in [6, 6.07) is 1.73. The number of aromatic hydroxyl groups is 1. The molecule has 1 unspecified atom stereocenters. The predicted octanol–water partition coefficient (Wildman–Crippen LogP) is 3.86. The van der Waals surface area contributed by atoms with Crippen LogP contribution in [-0.2, 0) is 35.4 Å². The van der Waals surface area contributed by atoms with Gasteiger partial charge in [0.2, 0.25) is 5.88 Å². The highest BCUT2D eigenvalue weighted by Gasteiger charge is 2.32. The third-order valence-electron chi connectivity index (χ3n) is 4.75. The van der Waals surface area contributed by atoms with Crippen LogP contribution in [0.25, 0.3) is 0 Å². The molecular weight excluding hydrogens is 451 g/mol. The standard InChI is InChI=1S/C21H23ClF3N3O4/c1-5-9-27-16(6-2)18(29)28(20(27)31)11-32-19(30)17(12(3)4)26-15-8-7-13(10-14(15)22)21(23,24)25/h1,7-8,10,12,17,26,29H,6,9,11H2,2-4H3. The van der Waals surface area contributed by atoms with E-state index in [1.165, 1.54) is 4.57 Å². The largest absolute Gasteiger partial charge is 0.493 e. The first-order valence-electron chi connectivity index (χ1n) is 9.66. The third kappa shape index (κ3) is 5.40. The molecule has 174 valence electrons. The fourth-order valence-corrected chi connectivity index (χ4v) is 3.27. The molecule has 11 heteroatoms. The Bertz CT molecular complexity index is 1080. The van der Waals surface area contributed by atoms with Gasteiger partial charge in [0, 0.05) is 0 Å². The molecule has 0 saturated carbocycles. The van der Waals surface area contributed by atoms with Crippen molar-refractivity contribution in [2.75, 3.05) is 5.32 Å². The molecule has 0 amide bonds. The van der Waals surface area contributed by atoms with E-state index in [4.69, 9.17) is 22.8 Å². The van der Waals surface area contributed by atoms with Crippen LogP contribution in [0.1, 0.15) is 32.0 Å². The molecule has 1 atom stereocenters. The van der Waals surface area contributed by atoms with E-state index in [9.17, 15) is 27.9 Å². The van der Waals surface area contributed by atoms with Crippen molar-refractivity contribution in [1.29, 1.82) is 0 Å². The van der Waals surface area contributed by atoms with Crippen molar-refractivity contribution < 1.29 is 27.8 Å². The highest BCUT2D eigenvalue weighted by molar-refractivity contribution is 6.33. The van der Waals surface area contributed by atoms with Crippen molar-refractivity contribution in [3.8, 4) is 18.2 Å². The van der Waals surface area contributed by atoms with Crippen LogP contribution >= 0.6 is 11.6 Å². The van der Waals surface area contributed by atoms with E-state index >= 15 is 0 Å². The van der Waals surface area contributed by atoms with Crippen LogP contribution in [0, 0.1) is 18.3 Å². The smallest absolute Gasteiger partial charge is 0.416 e. The normalized spacial score (nSPS) is 12.5. The Hall–Kier alpha value is -3.06. The fraction of sp³-hybridized carbons (Fsp3) is 0.429. The molecule has 0 aliphatic rings. The number of terminal acetylenes is 1. The second-order valence-electron chi connectivity index (χ2n) is 7.28. The summed E-state index contributed by atoms with van der Waals surface area (Å²) < 4.78 is 45.8. The van der Waals surface area contributed by atoms with Gasteiger partial charge in [-0.1, -0.05) is 38.3 Å². The lowest BCUT2D eigenvalue weighted by Crippen LogP contribution is -2.37. The predicted molar refractivity (Wildman–Crippen MR) is 113 cm³/mol. The number of alkyl halides is 3. The number of ether oxygens (including phenoxy) is 1. The van der Waals surface area contributed by atoms with Crippen molar-refractivity contribution >= 4 is 23.3 Å². The molecule has 7 nitrogen and oxygen atoms in total. The Morgan fingerprint density at radius 1 is 1.34 bits per heavy atom. The van der Waals surface area contributed by atoms with Crippen molar-refractivity contribution in [3.05, 3.63) is 45.0 Å². The van der Waals surface area contributed by atoms with Gasteiger partial charge in [-0.05, 0) is 30.5 Å². The van der Waals surface area contributed by atoms with Gasteiger partial charge in [0.1, 0.15) is 6.04 Å². The first-order chi connectivity index (χ1) is 14.9. The number of hydrogen-bond acceptors (Lipinski definition) is 5. The molecule has 0 radical (unpaired) electrons. The van der Waals surface area contributed by atoms with Crippen molar-refractivity contribution in [2.45, 2.75) is 52.7 Å². The zero-order chi connectivity index (χ0) is 24.2. The summed E-state index contributed by atoms with van der Waals surface area (Å²) in [5, 5.41) is 12.9. The summed E-state index contributed by atoms with van der Waals surface area (Å²) in [4.78, 5) is 25.1. The molecule has 2 rings (SSSR count). The molecule has 0 aliphatic heterocycles. The maximum absolute atomic E-state index is 12.8. The van der Waals surface area contributed by atoms with Crippen LogP contribution in [0.2, 0.25) is 5.02 Å². The lowest BCUT2D eigenvalue weighted by Gasteiger charge is -2.23. The molecule has 1 aromatic heterocycles. The number of anilines is 1. The highest BCUT2D eigenvalue weighted by atomic mass is 35.5. The quantitative estimate of drug-likeness (QED) is 0.449. The number of rotatable bonds is 8. The number of carbonyl (C=O) groups excluding carboxylic acids is 1. The van der Waals surface area contributed by atoms with E-state index < -0.39 is 36.2 Å². The molecule has 32 heavy (non-hydrogen) atoms. The summed E-state index contributed by atoms with van der Waals surface area (Å²) in [6.07, 6.45) is 1.03. The van der Waals surface area contributed by atoms with Crippen molar-refractivity contribution in [3.63, 3.8) is 0 Å². The minimum atomic E-state index is -4.55. The number of esters is 1. The van der Waals surface area contributed by atoms with E-state index in [-0.39, 0.29) is 29.1 Å². The topological polar surface area (TPSA) is 85.5 Å². The molecule has 0 fully saturated rings. The Kier molecular flexibility index (Phi) is 7.91. The first-order valence-corrected chi connectivity index (χ1v) is 10.0. The molecule has 2 N–H and O–H groups in total.